The van der Waals surface area contributed by atoms with E-state index in [4.69, 9.17) is 0 Å². The van der Waals surface area contributed by atoms with Crippen molar-refractivity contribution in [3.05, 3.63) is 38.5 Å². The molecule has 0 aliphatic rings. The monoisotopic (exact) mass is 238 g/mol. The van der Waals surface area contributed by atoms with E-state index in [1.165, 1.54) is 11.3 Å². The van der Waals surface area contributed by atoms with Gasteiger partial charge in [0.2, 0.25) is 0 Å². The van der Waals surface area contributed by atoms with Crippen molar-refractivity contribution >= 4 is 28.6 Å². The Balaban J connectivity index is 1.91. The predicted octanol–water partition coefficient (Wildman–Crippen LogP) is 2.44. The second kappa shape index (κ2) is 4.55. The first kappa shape index (κ1) is 10.3. The first-order valence-corrected chi connectivity index (χ1v) is 6.24. The summed E-state index contributed by atoms with van der Waals surface area (Å²) in [5, 5.41) is 7.65. The van der Waals surface area contributed by atoms with Crippen LogP contribution in [0.1, 0.15) is 20.4 Å². The highest BCUT2D eigenvalue weighted by molar-refractivity contribution is 7.12. The maximum absolute atomic E-state index is 11.6. The van der Waals surface area contributed by atoms with E-state index in [1.807, 2.05) is 29.8 Å². The predicted molar refractivity (Wildman–Crippen MR) is 62.3 cm³/mol. The fraction of sp³-hybridized carbons (Fsp3) is 0.200. The molecule has 0 atom stereocenters. The van der Waals surface area contributed by atoms with Gasteiger partial charge in [0.05, 0.1) is 11.4 Å². The lowest BCUT2D eigenvalue weighted by atomic mass is 10.4. The molecule has 0 unspecified atom stereocenters. The molecule has 0 saturated heterocycles. The summed E-state index contributed by atoms with van der Waals surface area (Å²) in [4.78, 5) is 16.6. The number of hydrogen-bond donors (Lipinski definition) is 1. The Kier molecular flexibility index (Phi) is 3.13. The number of nitrogens with one attached hydrogen (secondary N) is 1. The molecular weight excluding hydrogens is 228 g/mol. The molecule has 0 radical (unpaired) electrons. The van der Waals surface area contributed by atoms with Gasteiger partial charge in [-0.1, -0.05) is 6.07 Å². The zero-order valence-corrected chi connectivity index (χ0v) is 9.82. The highest BCUT2D eigenvalue weighted by Crippen LogP contribution is 2.10. The molecule has 0 aliphatic heterocycles. The second-order valence-corrected chi connectivity index (χ2v) is 4.93. The van der Waals surface area contributed by atoms with Gasteiger partial charge in [0.1, 0.15) is 5.01 Å². The summed E-state index contributed by atoms with van der Waals surface area (Å²) in [6.45, 7) is 2.45. The Hall–Kier alpha value is -1.20. The summed E-state index contributed by atoms with van der Waals surface area (Å²) in [5.74, 6) is -0.0298. The van der Waals surface area contributed by atoms with E-state index >= 15 is 0 Å². The molecular formula is C10H10N2OS2. The number of thiazole rings is 1. The summed E-state index contributed by atoms with van der Waals surface area (Å²) >= 11 is 3.01. The minimum atomic E-state index is -0.0298. The van der Waals surface area contributed by atoms with Crippen LogP contribution in [-0.2, 0) is 6.54 Å². The normalized spacial score (nSPS) is 10.2. The van der Waals surface area contributed by atoms with Gasteiger partial charge in [-0.2, -0.15) is 0 Å². The Morgan fingerprint density at radius 3 is 3.00 bits per heavy atom. The number of thiophene rings is 1. The third-order valence-corrected chi connectivity index (χ3v) is 3.65. The molecule has 5 heteroatoms. The van der Waals surface area contributed by atoms with Crippen molar-refractivity contribution in [2.45, 2.75) is 13.5 Å². The zero-order valence-electron chi connectivity index (χ0n) is 8.19. The van der Waals surface area contributed by atoms with Gasteiger partial charge in [0.15, 0.2) is 0 Å². The van der Waals surface area contributed by atoms with Crippen molar-refractivity contribution in [2.24, 2.45) is 0 Å². The number of hydrogen-bond acceptors (Lipinski definition) is 4. The topological polar surface area (TPSA) is 42.0 Å². The quantitative estimate of drug-likeness (QED) is 0.892. The van der Waals surface area contributed by atoms with Gasteiger partial charge in [-0.15, -0.1) is 22.7 Å². The fourth-order valence-electron chi connectivity index (χ4n) is 1.13. The van der Waals surface area contributed by atoms with E-state index in [0.29, 0.717) is 6.54 Å². The first-order valence-electron chi connectivity index (χ1n) is 4.48. The lowest BCUT2D eigenvalue weighted by Crippen LogP contribution is -2.21. The van der Waals surface area contributed by atoms with Crippen LogP contribution in [-0.4, -0.2) is 10.9 Å². The van der Waals surface area contributed by atoms with Crippen LogP contribution in [0.2, 0.25) is 0 Å². The molecule has 1 amide bonds. The molecule has 0 saturated carbocycles. The first-order chi connectivity index (χ1) is 7.25. The standard InChI is InChI=1S/C10H10N2OS2/c1-7-6-15-9(12-7)5-11-10(13)8-3-2-4-14-8/h2-4,6H,5H2,1H3,(H,11,13). The van der Waals surface area contributed by atoms with E-state index in [0.717, 1.165) is 15.6 Å². The van der Waals surface area contributed by atoms with Crippen LogP contribution in [0, 0.1) is 6.92 Å². The third kappa shape index (κ3) is 2.64. The van der Waals surface area contributed by atoms with Gasteiger partial charge >= 0.3 is 0 Å². The van der Waals surface area contributed by atoms with E-state index in [9.17, 15) is 4.79 Å². The fourth-order valence-corrected chi connectivity index (χ4v) is 2.49. The summed E-state index contributed by atoms with van der Waals surface area (Å²) in [5.41, 5.74) is 1.00. The SMILES string of the molecule is Cc1csc(CNC(=O)c2cccs2)n1. The van der Waals surface area contributed by atoms with E-state index in [2.05, 4.69) is 10.3 Å². The van der Waals surface area contributed by atoms with Crippen LogP contribution in [0.5, 0.6) is 0 Å². The molecule has 2 heterocycles. The van der Waals surface area contributed by atoms with Gasteiger partial charge in [-0.3, -0.25) is 4.79 Å². The molecule has 2 aromatic rings. The van der Waals surface area contributed by atoms with Crippen molar-refractivity contribution in [1.29, 1.82) is 0 Å². The Morgan fingerprint density at radius 2 is 2.40 bits per heavy atom. The minimum Gasteiger partial charge on any atom is -0.345 e. The molecule has 2 aromatic heterocycles. The van der Waals surface area contributed by atoms with Crippen LogP contribution in [0.4, 0.5) is 0 Å². The van der Waals surface area contributed by atoms with Crippen LogP contribution in [0.15, 0.2) is 22.9 Å². The average molecular weight is 238 g/mol. The smallest absolute Gasteiger partial charge is 0.261 e. The average Bonchev–Trinajstić information content (AvgIpc) is 2.84. The lowest BCUT2D eigenvalue weighted by molar-refractivity contribution is 0.0955. The number of carbonyl (C=O) groups excluding carboxylic acids is 1. The highest BCUT2D eigenvalue weighted by Gasteiger charge is 2.06. The largest absolute Gasteiger partial charge is 0.345 e. The van der Waals surface area contributed by atoms with Gasteiger partial charge in [0, 0.05) is 11.1 Å². The molecule has 0 aliphatic carbocycles. The van der Waals surface area contributed by atoms with Gasteiger partial charge in [-0.05, 0) is 18.4 Å². The van der Waals surface area contributed by atoms with Crippen LogP contribution >= 0.6 is 22.7 Å². The molecule has 3 nitrogen and oxygen atoms in total. The second-order valence-electron chi connectivity index (χ2n) is 3.04. The molecule has 15 heavy (non-hydrogen) atoms. The zero-order chi connectivity index (χ0) is 10.7. The molecule has 78 valence electrons. The Morgan fingerprint density at radius 1 is 1.53 bits per heavy atom. The molecule has 0 bridgehead atoms. The van der Waals surface area contributed by atoms with Crippen molar-refractivity contribution in [1.82, 2.24) is 10.3 Å². The molecule has 1 N–H and O–H groups in total. The number of amides is 1. The van der Waals surface area contributed by atoms with Gasteiger partial charge in [-0.25, -0.2) is 4.98 Å². The van der Waals surface area contributed by atoms with Gasteiger partial charge < -0.3 is 5.32 Å². The van der Waals surface area contributed by atoms with E-state index in [1.54, 1.807) is 11.3 Å². The summed E-state index contributed by atoms with van der Waals surface area (Å²) in [7, 11) is 0. The third-order valence-electron chi connectivity index (χ3n) is 1.81. The molecule has 0 aromatic carbocycles. The Bertz CT molecular complexity index is 448. The van der Waals surface area contributed by atoms with Crippen molar-refractivity contribution < 1.29 is 4.79 Å². The molecule has 0 spiro atoms. The summed E-state index contributed by atoms with van der Waals surface area (Å²) < 4.78 is 0. The number of carbonyl (C=O) groups is 1. The van der Waals surface area contributed by atoms with Crippen molar-refractivity contribution in [3.8, 4) is 0 Å². The number of nitrogens with zero attached hydrogens (tertiary/aromatic N) is 1. The summed E-state index contributed by atoms with van der Waals surface area (Å²) in [6, 6.07) is 3.68. The van der Waals surface area contributed by atoms with Crippen molar-refractivity contribution in [2.75, 3.05) is 0 Å². The highest BCUT2D eigenvalue weighted by atomic mass is 32.1. The molecule has 2 rings (SSSR count). The number of aromatic nitrogens is 1. The Labute approximate surface area is 95.8 Å². The molecule has 0 fully saturated rings. The minimum absolute atomic E-state index is 0.0298. The van der Waals surface area contributed by atoms with Crippen molar-refractivity contribution in [3.63, 3.8) is 0 Å². The maximum Gasteiger partial charge on any atom is 0.261 e. The lowest BCUT2D eigenvalue weighted by Gasteiger charge is -1.99. The summed E-state index contributed by atoms with van der Waals surface area (Å²) in [6.07, 6.45) is 0. The van der Waals surface area contributed by atoms with Crippen LogP contribution in [0.25, 0.3) is 0 Å². The maximum atomic E-state index is 11.6. The number of aryl methyl sites for hydroxylation is 1. The van der Waals surface area contributed by atoms with Crippen LogP contribution < -0.4 is 5.32 Å². The van der Waals surface area contributed by atoms with E-state index < -0.39 is 0 Å². The van der Waals surface area contributed by atoms with Gasteiger partial charge in [0.25, 0.3) is 5.91 Å². The van der Waals surface area contributed by atoms with Crippen LogP contribution in [0.3, 0.4) is 0 Å². The number of rotatable bonds is 3. The van der Waals surface area contributed by atoms with E-state index in [-0.39, 0.29) is 5.91 Å².